The number of rotatable bonds is 10. The van der Waals surface area contributed by atoms with Crippen molar-refractivity contribution in [1.29, 1.82) is 0 Å². The van der Waals surface area contributed by atoms with Crippen molar-refractivity contribution < 1.29 is 40.7 Å². The zero-order valence-electron chi connectivity index (χ0n) is 24.1. The van der Waals surface area contributed by atoms with Crippen LogP contribution in [0.5, 0.6) is 11.5 Å². The molecule has 3 aromatic carbocycles. The highest BCUT2D eigenvalue weighted by Crippen LogP contribution is 2.30. The lowest BCUT2D eigenvalue weighted by atomic mass is 10.00. The van der Waals surface area contributed by atoms with E-state index < -0.39 is 66.2 Å². The number of alkyl halides is 3. The summed E-state index contributed by atoms with van der Waals surface area (Å²) in [6.07, 6.45) is -5.48. The van der Waals surface area contributed by atoms with E-state index in [1.54, 1.807) is 36.4 Å². The number of hydrogen-bond acceptors (Lipinski definition) is 6. The van der Waals surface area contributed by atoms with E-state index in [0.29, 0.717) is 29.2 Å². The zero-order valence-corrected chi connectivity index (χ0v) is 24.1. The summed E-state index contributed by atoms with van der Waals surface area (Å²) in [6, 6.07) is 14.7. The molecule has 3 N–H and O–H groups in total. The molecule has 2 amide bonds. The van der Waals surface area contributed by atoms with Crippen molar-refractivity contribution in [3.05, 3.63) is 107 Å². The van der Waals surface area contributed by atoms with Crippen molar-refractivity contribution in [1.82, 2.24) is 25.0 Å². The molecule has 1 aromatic heterocycles. The Labute approximate surface area is 259 Å². The lowest BCUT2D eigenvalue weighted by Crippen LogP contribution is -2.49. The molecule has 0 fully saturated rings. The fourth-order valence-corrected chi connectivity index (χ4v) is 5.05. The number of hydrogen-bond donors (Lipinski definition) is 2. The van der Waals surface area contributed by atoms with Gasteiger partial charge in [0.25, 0.3) is 0 Å². The largest absolute Gasteiger partial charge is 0.457 e. The van der Waals surface area contributed by atoms with Crippen LogP contribution in [-0.2, 0) is 41.7 Å². The molecule has 4 aromatic rings. The lowest BCUT2D eigenvalue weighted by molar-refractivity contribution is -0.148. The van der Waals surface area contributed by atoms with E-state index >= 15 is 0 Å². The molecule has 0 aliphatic carbocycles. The molecule has 1 aliphatic heterocycles. The molecule has 5 rings (SSSR count). The van der Waals surface area contributed by atoms with Gasteiger partial charge in [0.2, 0.25) is 17.6 Å². The van der Waals surface area contributed by atoms with Crippen LogP contribution in [0.25, 0.3) is 0 Å². The predicted octanol–water partition coefficient (Wildman–Crippen LogP) is 4.54. The first-order valence-electron chi connectivity index (χ1n) is 14.2. The van der Waals surface area contributed by atoms with Crippen LogP contribution in [0.4, 0.5) is 26.3 Å². The fraction of sp³-hybridized carbons (Fsp3) is 0.290. The Morgan fingerprint density at radius 2 is 1.57 bits per heavy atom. The van der Waals surface area contributed by atoms with Gasteiger partial charge in [-0.2, -0.15) is 13.2 Å². The van der Waals surface area contributed by atoms with Crippen molar-refractivity contribution in [3.8, 4) is 11.5 Å². The van der Waals surface area contributed by atoms with Gasteiger partial charge in [-0.15, -0.1) is 10.2 Å². The molecular formula is C31H28F6N6O3. The van der Waals surface area contributed by atoms with Crippen LogP contribution in [0, 0.1) is 17.5 Å². The number of para-hydroxylation sites is 1. The third-order valence-electron chi connectivity index (χ3n) is 7.38. The standard InChI is InChI=1S/C31H28F6N6O3/c32-23-16-25(34)24(33)14-19(23)13-20(15-28(44)42-10-11-43-27(17-42)40-41-30(43)31(35,36)37)39-29(45)26(38)12-18-6-8-22(9-7-18)46-21-4-2-1-3-5-21/h1-9,14,16,20,26H,10-13,15,17,38H2,(H,39,45)/t20-,26?/m1/s1. The smallest absolute Gasteiger partial charge is 0.451 e. The molecule has 1 unspecified atom stereocenters. The number of nitrogens with two attached hydrogens (primary N) is 1. The molecule has 15 heteroatoms. The lowest BCUT2D eigenvalue weighted by Gasteiger charge is -2.30. The molecular weight excluding hydrogens is 618 g/mol. The zero-order chi connectivity index (χ0) is 33.0. The highest BCUT2D eigenvalue weighted by molar-refractivity contribution is 5.83. The van der Waals surface area contributed by atoms with Crippen molar-refractivity contribution in [2.45, 2.75) is 50.6 Å². The van der Waals surface area contributed by atoms with Gasteiger partial charge in [-0.25, -0.2) is 13.2 Å². The number of nitrogens with one attached hydrogen (secondary N) is 1. The summed E-state index contributed by atoms with van der Waals surface area (Å²) < 4.78 is 88.3. The van der Waals surface area contributed by atoms with Crippen molar-refractivity contribution in [2.75, 3.05) is 6.54 Å². The molecule has 242 valence electrons. The Morgan fingerprint density at radius 1 is 0.891 bits per heavy atom. The Kier molecular flexibility index (Phi) is 9.60. The van der Waals surface area contributed by atoms with Crippen LogP contribution in [0.15, 0.2) is 66.7 Å². The summed E-state index contributed by atoms with van der Waals surface area (Å²) in [7, 11) is 0. The van der Waals surface area contributed by atoms with Gasteiger partial charge < -0.3 is 25.3 Å². The quantitative estimate of drug-likeness (QED) is 0.193. The molecule has 0 bridgehead atoms. The summed E-state index contributed by atoms with van der Waals surface area (Å²) in [4.78, 5) is 27.6. The van der Waals surface area contributed by atoms with Gasteiger partial charge in [0.15, 0.2) is 17.5 Å². The second-order valence-electron chi connectivity index (χ2n) is 10.7. The number of ether oxygens (including phenoxy) is 1. The Morgan fingerprint density at radius 3 is 2.26 bits per heavy atom. The number of aromatic nitrogens is 3. The molecule has 1 aliphatic rings. The molecule has 9 nitrogen and oxygen atoms in total. The van der Waals surface area contributed by atoms with Gasteiger partial charge in [0.05, 0.1) is 12.6 Å². The Balaban J connectivity index is 1.26. The first kappa shape index (κ1) is 32.5. The van der Waals surface area contributed by atoms with Crippen LogP contribution < -0.4 is 15.8 Å². The molecule has 46 heavy (non-hydrogen) atoms. The van der Waals surface area contributed by atoms with E-state index in [9.17, 15) is 35.9 Å². The van der Waals surface area contributed by atoms with E-state index in [1.165, 1.54) is 4.90 Å². The normalized spacial score (nSPS) is 14.4. The van der Waals surface area contributed by atoms with Crippen LogP contribution in [0.1, 0.15) is 29.2 Å². The van der Waals surface area contributed by atoms with Gasteiger partial charge >= 0.3 is 6.18 Å². The number of amides is 2. The first-order valence-corrected chi connectivity index (χ1v) is 14.2. The average Bonchev–Trinajstić information content (AvgIpc) is 3.45. The van der Waals surface area contributed by atoms with Gasteiger partial charge in [-0.3, -0.25) is 9.59 Å². The number of halogens is 6. The number of fused-ring (bicyclic) bond motifs is 1. The van der Waals surface area contributed by atoms with Crippen LogP contribution in [0.3, 0.4) is 0 Å². The molecule has 0 saturated heterocycles. The maximum atomic E-state index is 14.5. The van der Waals surface area contributed by atoms with Gasteiger partial charge in [0, 0.05) is 31.6 Å². The fourth-order valence-electron chi connectivity index (χ4n) is 5.05. The summed E-state index contributed by atoms with van der Waals surface area (Å²) in [5, 5.41) is 9.34. The molecule has 0 spiro atoms. The Hall–Kier alpha value is -4.92. The molecule has 0 saturated carbocycles. The summed E-state index contributed by atoms with van der Waals surface area (Å²) in [6.45, 7) is -0.625. The van der Waals surface area contributed by atoms with E-state index in [-0.39, 0.29) is 37.4 Å². The summed E-state index contributed by atoms with van der Waals surface area (Å²) in [5.74, 6) is -5.17. The topological polar surface area (TPSA) is 115 Å². The minimum atomic E-state index is -4.72. The summed E-state index contributed by atoms with van der Waals surface area (Å²) in [5.41, 5.74) is 6.55. The average molecular weight is 647 g/mol. The maximum absolute atomic E-state index is 14.5. The third kappa shape index (κ3) is 7.83. The van der Waals surface area contributed by atoms with E-state index in [4.69, 9.17) is 10.5 Å². The first-order chi connectivity index (χ1) is 21.9. The van der Waals surface area contributed by atoms with Gasteiger partial charge in [0.1, 0.15) is 17.3 Å². The minimum absolute atomic E-state index is 0.0821. The molecule has 2 atom stereocenters. The van der Waals surface area contributed by atoms with E-state index in [2.05, 4.69) is 15.5 Å². The van der Waals surface area contributed by atoms with Crippen LogP contribution in [-0.4, -0.2) is 50.1 Å². The third-order valence-corrected chi connectivity index (χ3v) is 7.38. The van der Waals surface area contributed by atoms with E-state index in [0.717, 1.165) is 4.57 Å². The maximum Gasteiger partial charge on any atom is 0.451 e. The molecule has 0 radical (unpaired) electrons. The predicted molar refractivity (Wildman–Crippen MR) is 152 cm³/mol. The van der Waals surface area contributed by atoms with Gasteiger partial charge in [-0.1, -0.05) is 30.3 Å². The second-order valence-corrected chi connectivity index (χ2v) is 10.7. The SMILES string of the molecule is NC(Cc1ccc(Oc2ccccc2)cc1)C(=O)N[C@@H](CC(=O)N1CCn2c(nnc2C(F)(F)F)C1)Cc1cc(F)c(F)cc1F. The van der Waals surface area contributed by atoms with Crippen molar-refractivity contribution in [3.63, 3.8) is 0 Å². The number of carbonyl (C=O) groups is 2. The second kappa shape index (κ2) is 13.6. The number of carbonyl (C=O) groups excluding carboxylic acids is 2. The van der Waals surface area contributed by atoms with Crippen LogP contribution >= 0.6 is 0 Å². The number of nitrogens with zero attached hydrogens (tertiary/aromatic N) is 4. The van der Waals surface area contributed by atoms with Crippen molar-refractivity contribution >= 4 is 11.8 Å². The monoisotopic (exact) mass is 646 g/mol. The Bertz CT molecular complexity index is 1700. The van der Waals surface area contributed by atoms with E-state index in [1.807, 2.05) is 18.2 Å². The highest BCUT2D eigenvalue weighted by atomic mass is 19.4. The van der Waals surface area contributed by atoms with Crippen molar-refractivity contribution in [2.24, 2.45) is 5.73 Å². The molecule has 2 heterocycles. The summed E-state index contributed by atoms with van der Waals surface area (Å²) >= 11 is 0. The van der Waals surface area contributed by atoms with Gasteiger partial charge in [-0.05, 0) is 54.3 Å². The minimum Gasteiger partial charge on any atom is -0.457 e. The van der Waals surface area contributed by atoms with Crippen LogP contribution in [0.2, 0.25) is 0 Å². The highest BCUT2D eigenvalue weighted by Gasteiger charge is 2.40. The number of benzene rings is 3.